The van der Waals surface area contributed by atoms with Crippen LogP contribution in [0.5, 0.6) is 11.5 Å². The number of hydrogen-bond donors (Lipinski definition) is 3. The number of ketones is 1. The van der Waals surface area contributed by atoms with Gasteiger partial charge in [0.05, 0.1) is 0 Å². The van der Waals surface area contributed by atoms with Crippen LogP contribution in [-0.4, -0.2) is 16.0 Å². The molecule has 0 unspecified atom stereocenters. The third-order valence-corrected chi connectivity index (χ3v) is 5.38. The molecule has 0 spiro atoms. The van der Waals surface area contributed by atoms with E-state index in [0.29, 0.717) is 21.2 Å². The summed E-state index contributed by atoms with van der Waals surface area (Å²) in [7, 11) is 0. The summed E-state index contributed by atoms with van der Waals surface area (Å²) in [5.74, 6) is -0.503. The third-order valence-electron chi connectivity index (χ3n) is 4.91. The number of benzene rings is 2. The first-order valence-corrected chi connectivity index (χ1v) is 8.81. The number of carbonyl (C=O) groups excluding carboxylic acids is 1. The summed E-state index contributed by atoms with van der Waals surface area (Å²) in [6, 6.07) is 8.68. The molecule has 1 fully saturated rings. The number of carbonyl (C=O) groups is 1. The highest BCUT2D eigenvalue weighted by Gasteiger charge is 2.41. The van der Waals surface area contributed by atoms with Crippen LogP contribution >= 0.6 is 23.2 Å². The highest BCUT2D eigenvalue weighted by atomic mass is 35.5. The number of phenols is 2. The van der Waals surface area contributed by atoms with Gasteiger partial charge in [0.15, 0.2) is 0 Å². The van der Waals surface area contributed by atoms with Crippen LogP contribution in [0.4, 0.5) is 0 Å². The van der Waals surface area contributed by atoms with E-state index >= 15 is 0 Å². The van der Waals surface area contributed by atoms with Crippen molar-refractivity contribution in [3.63, 3.8) is 0 Å². The molecule has 1 aliphatic rings. The summed E-state index contributed by atoms with van der Waals surface area (Å²) in [5, 5.41) is 24.8. The first kappa shape index (κ1) is 18.1. The van der Waals surface area contributed by atoms with E-state index in [1.807, 2.05) is 13.8 Å². The first-order valence-electron chi connectivity index (χ1n) is 8.06. The Morgan fingerprint density at radius 2 is 1.24 bits per heavy atom. The normalized spacial score (nSPS) is 26.6. The number of rotatable bonds is 2. The summed E-state index contributed by atoms with van der Waals surface area (Å²) in [4.78, 5) is 12.8. The predicted octanol–water partition coefficient (Wildman–Crippen LogP) is 4.63. The maximum atomic E-state index is 12.8. The van der Waals surface area contributed by atoms with Gasteiger partial charge in [0.25, 0.3) is 0 Å². The van der Waals surface area contributed by atoms with Crippen LogP contribution in [0.2, 0.25) is 10.0 Å². The minimum atomic E-state index is -0.425. The molecule has 0 saturated carbocycles. The summed E-state index contributed by atoms with van der Waals surface area (Å²) < 4.78 is 0. The van der Waals surface area contributed by atoms with Gasteiger partial charge < -0.3 is 15.5 Å². The molecule has 6 heteroatoms. The van der Waals surface area contributed by atoms with Gasteiger partial charge in [-0.15, -0.1) is 0 Å². The summed E-state index contributed by atoms with van der Waals surface area (Å²) in [5.41, 5.74) is 1.12. The standard InChI is InChI=1S/C19H19Cl2NO3/c1-9-17(13-7-11(20)3-5-15(13)23)22-18(10(2)19(9)25)14-8-12(21)4-6-16(14)24/h3-10,17-18,22-24H,1-2H3/t9-,10+,17-,18-/m1/s1. The summed E-state index contributed by atoms with van der Waals surface area (Å²) in [6.07, 6.45) is 0. The molecule has 25 heavy (non-hydrogen) atoms. The third kappa shape index (κ3) is 3.34. The zero-order valence-corrected chi connectivity index (χ0v) is 15.3. The molecule has 132 valence electrons. The van der Waals surface area contributed by atoms with E-state index in [4.69, 9.17) is 23.2 Å². The maximum absolute atomic E-state index is 12.8. The SMILES string of the molecule is C[C@@H]1C(=O)[C@H](C)[C@H](c2cc(Cl)ccc2O)N[C@H]1c1cc(Cl)ccc1O. The van der Waals surface area contributed by atoms with Gasteiger partial charge in [-0.3, -0.25) is 4.79 Å². The molecule has 4 nitrogen and oxygen atoms in total. The molecule has 2 aromatic carbocycles. The van der Waals surface area contributed by atoms with Crippen LogP contribution in [0.3, 0.4) is 0 Å². The lowest BCUT2D eigenvalue weighted by atomic mass is 9.76. The molecule has 1 heterocycles. The second-order valence-electron chi connectivity index (χ2n) is 6.51. The Morgan fingerprint density at radius 3 is 1.64 bits per heavy atom. The Bertz CT molecular complexity index is 759. The number of nitrogens with one attached hydrogen (secondary N) is 1. The number of hydrogen-bond acceptors (Lipinski definition) is 4. The Balaban J connectivity index is 2.05. The van der Waals surface area contributed by atoms with Gasteiger partial charge in [-0.1, -0.05) is 37.0 Å². The summed E-state index contributed by atoms with van der Waals surface area (Å²) >= 11 is 12.1. The van der Waals surface area contributed by atoms with Crippen LogP contribution in [0, 0.1) is 11.8 Å². The number of Topliss-reactive ketones (excluding diaryl/α,β-unsaturated/α-hetero) is 1. The number of halogens is 2. The Morgan fingerprint density at radius 1 is 0.840 bits per heavy atom. The van der Waals surface area contributed by atoms with Crippen molar-refractivity contribution < 1.29 is 15.0 Å². The van der Waals surface area contributed by atoms with Crippen LogP contribution in [0.1, 0.15) is 37.1 Å². The van der Waals surface area contributed by atoms with Crippen molar-refractivity contribution in [2.24, 2.45) is 11.8 Å². The molecular formula is C19H19Cl2NO3. The molecule has 0 aromatic heterocycles. The molecule has 4 atom stereocenters. The fraction of sp³-hybridized carbons (Fsp3) is 0.316. The van der Waals surface area contributed by atoms with Crippen molar-refractivity contribution in [3.05, 3.63) is 57.6 Å². The van der Waals surface area contributed by atoms with Gasteiger partial charge in [-0.25, -0.2) is 0 Å². The van der Waals surface area contributed by atoms with E-state index < -0.39 is 12.1 Å². The second kappa shape index (κ2) is 6.87. The molecule has 0 bridgehead atoms. The van der Waals surface area contributed by atoms with Crippen molar-refractivity contribution in [3.8, 4) is 11.5 Å². The highest BCUT2D eigenvalue weighted by molar-refractivity contribution is 6.31. The lowest BCUT2D eigenvalue weighted by Crippen LogP contribution is -2.46. The lowest BCUT2D eigenvalue weighted by molar-refractivity contribution is -0.130. The van der Waals surface area contributed by atoms with Crippen molar-refractivity contribution in [2.45, 2.75) is 25.9 Å². The average Bonchev–Trinajstić information content (AvgIpc) is 2.58. The minimum Gasteiger partial charge on any atom is -0.508 e. The predicted molar refractivity (Wildman–Crippen MR) is 98.2 cm³/mol. The zero-order valence-electron chi connectivity index (χ0n) is 13.8. The van der Waals surface area contributed by atoms with Crippen LogP contribution in [0.15, 0.2) is 36.4 Å². The lowest BCUT2D eigenvalue weighted by Gasteiger charge is -2.40. The molecular weight excluding hydrogens is 361 g/mol. The van der Waals surface area contributed by atoms with Crippen molar-refractivity contribution in [1.29, 1.82) is 0 Å². The van der Waals surface area contributed by atoms with Gasteiger partial charge in [-0.05, 0) is 36.4 Å². The molecule has 1 aliphatic heterocycles. The van der Waals surface area contributed by atoms with Gasteiger partial charge in [0, 0.05) is 45.1 Å². The molecule has 0 radical (unpaired) electrons. The molecule has 1 saturated heterocycles. The number of phenolic OH excluding ortho intramolecular Hbond substituents is 2. The topological polar surface area (TPSA) is 69.6 Å². The van der Waals surface area contributed by atoms with Crippen molar-refractivity contribution in [2.75, 3.05) is 0 Å². The van der Waals surface area contributed by atoms with E-state index in [0.717, 1.165) is 0 Å². The zero-order chi connectivity index (χ0) is 18.3. The van der Waals surface area contributed by atoms with E-state index in [-0.39, 0.29) is 29.1 Å². The first-order chi connectivity index (χ1) is 11.8. The molecule has 3 N–H and O–H groups in total. The quantitative estimate of drug-likeness (QED) is 0.711. The minimum absolute atomic E-state index is 0.0486. The van der Waals surface area contributed by atoms with Gasteiger partial charge >= 0.3 is 0 Å². The molecule has 0 amide bonds. The van der Waals surface area contributed by atoms with Crippen LogP contribution in [0.25, 0.3) is 0 Å². The maximum Gasteiger partial charge on any atom is 0.142 e. The molecule has 3 rings (SSSR count). The van der Waals surface area contributed by atoms with E-state index in [9.17, 15) is 15.0 Å². The van der Waals surface area contributed by atoms with Gasteiger partial charge in [0.2, 0.25) is 0 Å². The van der Waals surface area contributed by atoms with E-state index in [1.54, 1.807) is 24.3 Å². The Labute approximate surface area is 156 Å². The molecule has 0 aliphatic carbocycles. The number of piperidine rings is 1. The van der Waals surface area contributed by atoms with E-state index in [2.05, 4.69) is 5.32 Å². The Hall–Kier alpha value is -1.75. The summed E-state index contributed by atoms with van der Waals surface area (Å²) in [6.45, 7) is 3.65. The largest absolute Gasteiger partial charge is 0.508 e. The van der Waals surface area contributed by atoms with Crippen molar-refractivity contribution >= 4 is 29.0 Å². The fourth-order valence-electron chi connectivity index (χ4n) is 3.49. The Kier molecular flexibility index (Phi) is 4.96. The van der Waals surface area contributed by atoms with E-state index in [1.165, 1.54) is 12.1 Å². The highest BCUT2D eigenvalue weighted by Crippen LogP contribution is 2.43. The van der Waals surface area contributed by atoms with Crippen molar-refractivity contribution in [1.82, 2.24) is 5.32 Å². The smallest absolute Gasteiger partial charge is 0.142 e. The van der Waals surface area contributed by atoms with Gasteiger partial charge in [-0.2, -0.15) is 0 Å². The second-order valence-corrected chi connectivity index (χ2v) is 7.38. The average molecular weight is 380 g/mol. The van der Waals surface area contributed by atoms with Gasteiger partial charge in [0.1, 0.15) is 17.3 Å². The van der Waals surface area contributed by atoms with Crippen LogP contribution in [-0.2, 0) is 4.79 Å². The monoisotopic (exact) mass is 379 g/mol. The fourth-order valence-corrected chi connectivity index (χ4v) is 3.85. The number of aromatic hydroxyl groups is 2. The molecule has 2 aromatic rings. The van der Waals surface area contributed by atoms with Crippen LogP contribution < -0.4 is 5.32 Å².